The van der Waals surface area contributed by atoms with Crippen molar-refractivity contribution in [1.29, 1.82) is 0 Å². The smallest absolute Gasteiger partial charge is 0.334 e. The highest BCUT2D eigenvalue weighted by molar-refractivity contribution is 6.05. The number of benzene rings is 4. The number of carbonyl (C=O) groups is 3. The van der Waals surface area contributed by atoms with E-state index in [0.717, 1.165) is 33.0 Å². The SMILES string of the molecule is C=CCN1CC(=O)N2C(Cc3ccc(O)cc3)C(=O)N(Cc3cccc4c3oc3ccccc34)C[C@@H]2N1C(=O)NCc1ccccc1. The number of urea groups is 1. The fourth-order valence-corrected chi connectivity index (χ4v) is 6.69. The van der Waals surface area contributed by atoms with E-state index in [4.69, 9.17) is 4.42 Å². The number of rotatable bonds is 8. The van der Waals surface area contributed by atoms with Gasteiger partial charge < -0.3 is 24.6 Å². The van der Waals surface area contributed by atoms with Crippen LogP contribution in [0.2, 0.25) is 0 Å². The summed E-state index contributed by atoms with van der Waals surface area (Å²) in [5.41, 5.74) is 4.00. The highest BCUT2D eigenvalue weighted by atomic mass is 16.3. The van der Waals surface area contributed by atoms with E-state index in [1.54, 1.807) is 50.2 Å². The lowest BCUT2D eigenvalue weighted by Gasteiger charge is -2.55. The van der Waals surface area contributed by atoms with Crippen LogP contribution in [0.25, 0.3) is 21.9 Å². The first-order valence-corrected chi connectivity index (χ1v) is 15.6. The van der Waals surface area contributed by atoms with Crippen LogP contribution in [0.5, 0.6) is 5.75 Å². The Morgan fingerprint density at radius 1 is 0.915 bits per heavy atom. The Bertz CT molecular complexity index is 1960. The third kappa shape index (κ3) is 5.79. The average Bonchev–Trinajstić information content (AvgIpc) is 3.47. The third-order valence-corrected chi connectivity index (χ3v) is 8.88. The number of piperazine rings is 1. The molecule has 5 aromatic rings. The Hall–Kier alpha value is -5.61. The van der Waals surface area contributed by atoms with Crippen molar-refractivity contribution < 1.29 is 23.9 Å². The van der Waals surface area contributed by atoms with E-state index in [-0.39, 0.29) is 56.2 Å². The number of hydrazine groups is 1. The van der Waals surface area contributed by atoms with E-state index in [1.807, 2.05) is 72.8 Å². The van der Waals surface area contributed by atoms with Crippen molar-refractivity contribution in [3.8, 4) is 5.75 Å². The van der Waals surface area contributed by atoms with Crippen molar-refractivity contribution >= 4 is 39.8 Å². The van der Waals surface area contributed by atoms with Crippen molar-refractivity contribution in [3.63, 3.8) is 0 Å². The van der Waals surface area contributed by atoms with Crippen LogP contribution in [0, 0.1) is 0 Å². The fourth-order valence-electron chi connectivity index (χ4n) is 6.69. The molecule has 10 heteroatoms. The van der Waals surface area contributed by atoms with Crippen LogP contribution in [0.1, 0.15) is 16.7 Å². The van der Waals surface area contributed by atoms with Gasteiger partial charge in [-0.25, -0.2) is 14.8 Å². The summed E-state index contributed by atoms with van der Waals surface area (Å²) in [6, 6.07) is 28.7. The van der Waals surface area contributed by atoms with Crippen LogP contribution in [-0.2, 0) is 29.1 Å². The molecule has 2 atom stereocenters. The van der Waals surface area contributed by atoms with Crippen LogP contribution >= 0.6 is 0 Å². The van der Waals surface area contributed by atoms with Crippen molar-refractivity contribution in [2.45, 2.75) is 31.7 Å². The maximum Gasteiger partial charge on any atom is 0.334 e. The van der Waals surface area contributed by atoms with Gasteiger partial charge in [0, 0.05) is 42.4 Å². The van der Waals surface area contributed by atoms with E-state index in [0.29, 0.717) is 12.1 Å². The molecule has 7 rings (SSSR count). The van der Waals surface area contributed by atoms with E-state index in [9.17, 15) is 19.5 Å². The average molecular weight is 630 g/mol. The third-order valence-electron chi connectivity index (χ3n) is 8.88. The molecule has 10 nitrogen and oxygen atoms in total. The number of phenols is 1. The number of para-hydroxylation sites is 2. The largest absolute Gasteiger partial charge is 0.508 e. The lowest BCUT2D eigenvalue weighted by molar-refractivity contribution is -0.189. The van der Waals surface area contributed by atoms with Crippen molar-refractivity contribution in [1.82, 2.24) is 25.1 Å². The van der Waals surface area contributed by atoms with Crippen LogP contribution in [0.4, 0.5) is 4.79 Å². The summed E-state index contributed by atoms with van der Waals surface area (Å²) in [4.78, 5) is 45.6. The lowest BCUT2D eigenvalue weighted by atomic mass is 9.98. The Labute approximate surface area is 272 Å². The monoisotopic (exact) mass is 629 g/mol. The molecule has 2 aliphatic rings. The second kappa shape index (κ2) is 12.6. The maximum absolute atomic E-state index is 14.4. The predicted molar refractivity (Wildman–Crippen MR) is 178 cm³/mol. The minimum Gasteiger partial charge on any atom is -0.508 e. The number of fused-ring (bicyclic) bond motifs is 4. The molecule has 0 radical (unpaired) electrons. The van der Waals surface area contributed by atoms with Gasteiger partial charge in [0.25, 0.3) is 0 Å². The Morgan fingerprint density at radius 3 is 2.45 bits per heavy atom. The molecule has 2 fully saturated rings. The zero-order chi connectivity index (χ0) is 32.5. The Morgan fingerprint density at radius 2 is 1.66 bits per heavy atom. The second-order valence-electron chi connectivity index (χ2n) is 11.9. The normalized spacial score (nSPS) is 18.5. The molecule has 47 heavy (non-hydrogen) atoms. The molecule has 2 aliphatic heterocycles. The Kier molecular flexibility index (Phi) is 8.09. The van der Waals surface area contributed by atoms with E-state index in [1.165, 1.54) is 0 Å². The number of hydrogen-bond donors (Lipinski definition) is 2. The molecule has 2 saturated heterocycles. The summed E-state index contributed by atoms with van der Waals surface area (Å²) in [5, 5.41) is 18.1. The minimum atomic E-state index is -0.879. The summed E-state index contributed by atoms with van der Waals surface area (Å²) >= 11 is 0. The van der Waals surface area contributed by atoms with Crippen LogP contribution in [0.3, 0.4) is 0 Å². The first-order chi connectivity index (χ1) is 22.9. The van der Waals surface area contributed by atoms with Gasteiger partial charge in [0.15, 0.2) is 0 Å². The molecule has 1 unspecified atom stereocenters. The maximum atomic E-state index is 14.4. The molecule has 4 aromatic carbocycles. The summed E-state index contributed by atoms with van der Waals surface area (Å²) in [6.07, 6.45) is 1.09. The zero-order valence-electron chi connectivity index (χ0n) is 25.8. The van der Waals surface area contributed by atoms with Gasteiger partial charge >= 0.3 is 6.03 Å². The quantitative estimate of drug-likeness (QED) is 0.233. The topological polar surface area (TPSA) is 110 Å². The lowest BCUT2D eigenvalue weighted by Crippen LogP contribution is -2.76. The van der Waals surface area contributed by atoms with Crippen LogP contribution < -0.4 is 5.32 Å². The molecule has 238 valence electrons. The highest BCUT2D eigenvalue weighted by Gasteiger charge is 2.51. The van der Waals surface area contributed by atoms with Gasteiger partial charge in [0.05, 0.1) is 13.1 Å². The predicted octanol–water partition coefficient (Wildman–Crippen LogP) is 5.03. The van der Waals surface area contributed by atoms with Gasteiger partial charge in [-0.15, -0.1) is 6.58 Å². The first kappa shape index (κ1) is 30.1. The summed E-state index contributed by atoms with van der Waals surface area (Å²) in [6.45, 7) is 4.66. The van der Waals surface area contributed by atoms with E-state index >= 15 is 0 Å². The van der Waals surface area contributed by atoms with E-state index < -0.39 is 12.2 Å². The Balaban J connectivity index is 1.26. The van der Waals surface area contributed by atoms with Gasteiger partial charge in [0.1, 0.15) is 29.1 Å². The van der Waals surface area contributed by atoms with Crippen molar-refractivity contribution in [2.75, 3.05) is 19.6 Å². The van der Waals surface area contributed by atoms with Gasteiger partial charge in [-0.2, -0.15) is 0 Å². The highest BCUT2D eigenvalue weighted by Crippen LogP contribution is 2.34. The standard InChI is InChI=1S/C37H35N5O5/c1-2-19-40-24-34(44)41-31(20-25-15-17-28(43)18-16-25)36(45)39(23-33(41)42(40)37(46)38-21-26-9-4-3-5-10-26)22-27-11-8-13-30-29-12-6-7-14-32(29)47-35(27)30/h2-18,31,33,43H,1,19-24H2,(H,38,46)/t31?,33-/m0/s1. The molecule has 0 spiro atoms. The minimum absolute atomic E-state index is 0.0844. The first-order valence-electron chi connectivity index (χ1n) is 15.6. The van der Waals surface area contributed by atoms with Crippen LogP contribution in [-0.4, -0.2) is 74.6 Å². The molecule has 0 saturated carbocycles. The number of aromatic hydroxyl groups is 1. The fraction of sp³-hybridized carbons (Fsp3) is 0.216. The number of furan rings is 1. The molecule has 1 aromatic heterocycles. The molecule has 4 amide bonds. The number of carbonyl (C=O) groups excluding carboxylic acids is 3. The van der Waals surface area contributed by atoms with Gasteiger partial charge in [-0.3, -0.25) is 9.59 Å². The van der Waals surface area contributed by atoms with Crippen LogP contribution in [0.15, 0.2) is 114 Å². The molecule has 3 heterocycles. The number of nitrogens with one attached hydrogen (secondary N) is 1. The van der Waals surface area contributed by atoms with Crippen molar-refractivity contribution in [3.05, 3.63) is 126 Å². The summed E-state index contributed by atoms with van der Waals surface area (Å²) < 4.78 is 6.28. The zero-order valence-corrected chi connectivity index (χ0v) is 25.8. The van der Waals surface area contributed by atoms with Gasteiger partial charge in [-0.05, 0) is 29.3 Å². The molecular weight excluding hydrogens is 594 g/mol. The molecule has 2 N–H and O–H groups in total. The second-order valence-corrected chi connectivity index (χ2v) is 11.9. The number of hydrogen-bond acceptors (Lipinski definition) is 6. The van der Waals surface area contributed by atoms with E-state index in [2.05, 4.69) is 11.9 Å². The summed E-state index contributed by atoms with van der Waals surface area (Å²) in [5.74, 6) is -0.366. The number of nitrogens with zero attached hydrogens (tertiary/aromatic N) is 4. The number of amides is 4. The van der Waals surface area contributed by atoms with Crippen molar-refractivity contribution in [2.24, 2.45) is 0 Å². The van der Waals surface area contributed by atoms with Gasteiger partial charge in [-0.1, -0.05) is 84.9 Å². The number of phenolic OH excluding ortho intramolecular Hbond substituents is 1. The summed E-state index contributed by atoms with van der Waals surface area (Å²) in [7, 11) is 0. The molecule has 0 bridgehead atoms. The molecule has 0 aliphatic carbocycles. The molecular formula is C37H35N5O5. The van der Waals surface area contributed by atoms with Gasteiger partial charge in [0.2, 0.25) is 11.8 Å².